The summed E-state index contributed by atoms with van der Waals surface area (Å²) in [4.78, 5) is 0. The summed E-state index contributed by atoms with van der Waals surface area (Å²) in [6.45, 7) is 3.17. The van der Waals surface area contributed by atoms with E-state index in [0.29, 0.717) is 0 Å². The molecule has 11 heavy (non-hydrogen) atoms. The number of hydrogen-bond acceptors (Lipinski definition) is 4. The van der Waals surface area contributed by atoms with Crippen LogP contribution in [0, 0.1) is 0 Å². The first-order valence-electron chi connectivity index (χ1n) is 2.66. The van der Waals surface area contributed by atoms with Crippen LogP contribution in [0.3, 0.4) is 0 Å². The van der Waals surface area contributed by atoms with Crippen LogP contribution in [0.1, 0.15) is 13.8 Å². The van der Waals surface area contributed by atoms with Crippen molar-refractivity contribution in [1.82, 2.24) is 0 Å². The average molecular weight is 277 g/mol. The van der Waals surface area contributed by atoms with Crippen molar-refractivity contribution < 1.29 is 43.7 Å². The van der Waals surface area contributed by atoms with Crippen molar-refractivity contribution in [2.24, 2.45) is 0 Å². The minimum Gasteiger partial charge on any atom is -0.772 e. The maximum absolute atomic E-state index is 9.37. The summed E-state index contributed by atoms with van der Waals surface area (Å²) in [5, 5.41) is 0. The minimum atomic E-state index is -1.82. The second-order valence-electron chi connectivity index (χ2n) is 1.18. The molecule has 0 aromatic carbocycles. The summed E-state index contributed by atoms with van der Waals surface area (Å²) in [5.41, 5.74) is 0. The third-order valence-corrected chi connectivity index (χ3v) is 1.41. The quantitative estimate of drug-likeness (QED) is 0.653. The molecule has 0 aromatic heterocycles. The van der Waals surface area contributed by atoms with Gasteiger partial charge in [-0.2, -0.15) is 0 Å². The molecule has 0 rings (SSSR count). The van der Waals surface area contributed by atoms with Crippen LogP contribution in [0.2, 0.25) is 0 Å². The Morgan fingerprint density at radius 1 is 1.00 bits per heavy atom. The summed E-state index contributed by atoms with van der Waals surface area (Å²) in [6.07, 6.45) is 0. The summed E-state index contributed by atoms with van der Waals surface area (Å²) < 4.78 is 37.5. The second kappa shape index (κ2) is 13.7. The SMILES string of the molecule is CCS(=O)[O-].CCS(=O)[O-].[Zr+2]. The van der Waals surface area contributed by atoms with Crippen LogP contribution in [0.5, 0.6) is 0 Å². The molecule has 0 spiro atoms. The molecule has 2 atom stereocenters. The summed E-state index contributed by atoms with van der Waals surface area (Å²) >= 11 is -3.65. The molecule has 4 nitrogen and oxygen atoms in total. The fourth-order valence-corrected chi connectivity index (χ4v) is 0. The van der Waals surface area contributed by atoms with Crippen molar-refractivity contribution in [3.05, 3.63) is 0 Å². The van der Waals surface area contributed by atoms with E-state index >= 15 is 0 Å². The molecule has 0 aliphatic rings. The van der Waals surface area contributed by atoms with Crippen molar-refractivity contribution in [2.45, 2.75) is 13.8 Å². The average Bonchev–Trinajstić information content (AvgIpc) is 1.89. The maximum Gasteiger partial charge on any atom is 2.00 e. The van der Waals surface area contributed by atoms with Gasteiger partial charge in [-0.15, -0.1) is 0 Å². The first-order chi connectivity index (χ1) is 4.54. The first-order valence-corrected chi connectivity index (χ1v) is 5.15. The zero-order valence-electron chi connectivity index (χ0n) is 6.36. The molecule has 0 saturated carbocycles. The molecule has 0 N–H and O–H groups in total. The van der Waals surface area contributed by atoms with Crippen LogP contribution in [0.15, 0.2) is 0 Å². The molecule has 0 aliphatic heterocycles. The van der Waals surface area contributed by atoms with Gasteiger partial charge in [0.15, 0.2) is 0 Å². The van der Waals surface area contributed by atoms with Crippen LogP contribution in [-0.2, 0) is 48.4 Å². The topological polar surface area (TPSA) is 80.3 Å². The number of hydrogen-bond donors (Lipinski definition) is 0. The predicted octanol–water partition coefficient (Wildman–Crippen LogP) is -0.232. The standard InChI is InChI=1S/2C2H6O2S.Zr/c2*1-2-5(3)4;/h2*2H2,1H3,(H,3,4);/q;;+2/p-2. The van der Waals surface area contributed by atoms with Crippen molar-refractivity contribution in [3.63, 3.8) is 0 Å². The van der Waals surface area contributed by atoms with Gasteiger partial charge >= 0.3 is 26.2 Å². The van der Waals surface area contributed by atoms with E-state index in [2.05, 4.69) is 0 Å². The van der Waals surface area contributed by atoms with Crippen molar-refractivity contribution in [2.75, 3.05) is 11.5 Å². The van der Waals surface area contributed by atoms with Crippen LogP contribution < -0.4 is 0 Å². The molecule has 2 unspecified atom stereocenters. The Morgan fingerprint density at radius 3 is 1.09 bits per heavy atom. The van der Waals surface area contributed by atoms with Gasteiger partial charge in [0.2, 0.25) is 0 Å². The Balaban J connectivity index is -0.000000107. The van der Waals surface area contributed by atoms with E-state index in [9.17, 15) is 17.5 Å². The summed E-state index contributed by atoms with van der Waals surface area (Å²) in [6, 6.07) is 0. The van der Waals surface area contributed by atoms with E-state index < -0.39 is 22.2 Å². The Bertz CT molecular complexity index is 105. The van der Waals surface area contributed by atoms with Crippen molar-refractivity contribution in [1.29, 1.82) is 0 Å². The molecule has 0 aromatic rings. The van der Waals surface area contributed by atoms with E-state index in [-0.39, 0.29) is 37.7 Å². The van der Waals surface area contributed by atoms with Gasteiger partial charge in [-0.3, -0.25) is 8.42 Å². The Kier molecular flexibility index (Phi) is 22.4. The van der Waals surface area contributed by atoms with Crippen molar-refractivity contribution >= 4 is 22.2 Å². The van der Waals surface area contributed by atoms with Crippen molar-refractivity contribution in [3.8, 4) is 0 Å². The molecule has 0 heterocycles. The second-order valence-corrected chi connectivity index (χ2v) is 3.55. The third-order valence-electron chi connectivity index (χ3n) is 0.471. The smallest absolute Gasteiger partial charge is 0.772 e. The van der Waals surface area contributed by atoms with Gasteiger partial charge in [0, 0.05) is 11.5 Å². The van der Waals surface area contributed by atoms with Gasteiger partial charge in [0.25, 0.3) is 0 Å². The fraction of sp³-hybridized carbons (Fsp3) is 1.00. The minimum absolute atomic E-state index is 0. The van der Waals surface area contributed by atoms with Gasteiger partial charge in [-0.25, -0.2) is 0 Å². The van der Waals surface area contributed by atoms with E-state index in [4.69, 9.17) is 0 Å². The van der Waals surface area contributed by atoms with E-state index in [1.807, 2.05) is 0 Å². The molecular formula is C4H10O4S2Zr. The molecule has 66 valence electrons. The molecule has 0 amide bonds. The van der Waals surface area contributed by atoms with Gasteiger partial charge in [-0.1, -0.05) is 36.0 Å². The summed E-state index contributed by atoms with van der Waals surface area (Å²) in [5.74, 6) is 0.444. The number of rotatable bonds is 2. The zero-order valence-corrected chi connectivity index (χ0v) is 10.5. The zero-order chi connectivity index (χ0) is 8.57. The van der Waals surface area contributed by atoms with Gasteiger partial charge in [0.1, 0.15) is 0 Å². The Labute approximate surface area is 90.8 Å². The fourth-order valence-electron chi connectivity index (χ4n) is 0. The van der Waals surface area contributed by atoms with E-state index in [1.54, 1.807) is 13.8 Å². The van der Waals surface area contributed by atoms with Gasteiger partial charge in [-0.05, 0) is 0 Å². The third kappa shape index (κ3) is 35.3. The molecule has 7 heteroatoms. The Morgan fingerprint density at radius 2 is 1.09 bits per heavy atom. The van der Waals surface area contributed by atoms with E-state index in [1.165, 1.54) is 0 Å². The largest absolute Gasteiger partial charge is 2.00 e. The maximum atomic E-state index is 9.37. The molecule has 0 aliphatic carbocycles. The molecule has 0 bridgehead atoms. The van der Waals surface area contributed by atoms with Crippen LogP contribution in [0.4, 0.5) is 0 Å². The Hall–Kier alpha value is 1.10. The monoisotopic (exact) mass is 276 g/mol. The molecule has 0 radical (unpaired) electrons. The normalized spacial score (nSPS) is 13.5. The molecular weight excluding hydrogens is 267 g/mol. The first kappa shape index (κ1) is 18.0. The van der Waals surface area contributed by atoms with Gasteiger partial charge < -0.3 is 9.11 Å². The summed E-state index contributed by atoms with van der Waals surface area (Å²) in [7, 11) is 0. The molecule has 0 fully saturated rings. The molecule has 0 saturated heterocycles. The van der Waals surface area contributed by atoms with Gasteiger partial charge in [0.05, 0.1) is 0 Å². The van der Waals surface area contributed by atoms with Crippen LogP contribution in [0.25, 0.3) is 0 Å². The van der Waals surface area contributed by atoms with Crippen LogP contribution >= 0.6 is 0 Å². The predicted molar refractivity (Wildman–Crippen MR) is 38.9 cm³/mol. The van der Waals surface area contributed by atoms with Crippen LogP contribution in [-0.4, -0.2) is 29.0 Å². The van der Waals surface area contributed by atoms with E-state index in [0.717, 1.165) is 0 Å².